The fourth-order valence-electron chi connectivity index (χ4n) is 3.60. The minimum absolute atomic E-state index is 0.147. The Morgan fingerprint density at radius 3 is 2.55 bits per heavy atom. The predicted octanol–water partition coefficient (Wildman–Crippen LogP) is 4.66. The van der Waals surface area contributed by atoms with Crippen LogP contribution in [0.3, 0.4) is 0 Å². The second-order valence-corrected chi connectivity index (χ2v) is 9.75. The summed E-state index contributed by atoms with van der Waals surface area (Å²) in [6.45, 7) is 12.3. The number of ether oxygens (including phenoxy) is 2. The molecular formula is C23H42N3O4S+. The summed E-state index contributed by atoms with van der Waals surface area (Å²) < 4.78 is 21.5. The number of nitrogens with zero attached hydrogens (tertiary/aromatic N) is 3. The predicted molar refractivity (Wildman–Crippen MR) is 126 cm³/mol. The zero-order valence-corrected chi connectivity index (χ0v) is 21.3. The second kappa shape index (κ2) is 13.1. The highest BCUT2D eigenvalue weighted by Gasteiger charge is 2.40. The average Bonchev–Trinajstić information content (AvgIpc) is 3.21. The Bertz CT molecular complexity index is 699. The van der Waals surface area contributed by atoms with Crippen LogP contribution in [0.25, 0.3) is 5.57 Å². The molecule has 2 heterocycles. The van der Waals surface area contributed by atoms with Crippen molar-refractivity contribution in [1.29, 1.82) is 0 Å². The molecule has 1 aromatic heterocycles. The van der Waals surface area contributed by atoms with E-state index in [1.54, 1.807) is 0 Å². The first-order chi connectivity index (χ1) is 14.7. The molecule has 1 aromatic rings. The fourth-order valence-corrected chi connectivity index (χ4v) is 4.14. The van der Waals surface area contributed by atoms with Crippen LogP contribution >= 0.6 is 11.7 Å². The molecule has 2 rings (SSSR count). The van der Waals surface area contributed by atoms with E-state index in [1.807, 2.05) is 20.8 Å². The number of hydrogen-bond acceptors (Lipinski definition) is 7. The number of carbonyl (C=O) groups is 1. The molecule has 0 saturated carbocycles. The third kappa shape index (κ3) is 8.16. The van der Waals surface area contributed by atoms with E-state index in [0.717, 1.165) is 50.7 Å². The van der Waals surface area contributed by atoms with Crippen LogP contribution in [0.5, 0.6) is 5.88 Å². The van der Waals surface area contributed by atoms with Crippen molar-refractivity contribution < 1.29 is 23.9 Å². The number of aliphatic hydroxyl groups excluding tert-OH is 1. The third-order valence-electron chi connectivity index (χ3n) is 5.46. The van der Waals surface area contributed by atoms with Gasteiger partial charge in [0, 0.05) is 25.5 Å². The first kappa shape index (κ1) is 27.5. The van der Waals surface area contributed by atoms with Crippen LogP contribution in [-0.2, 0) is 9.53 Å². The third-order valence-corrected chi connectivity index (χ3v) is 5.97. The van der Waals surface area contributed by atoms with Gasteiger partial charge in [-0.15, -0.1) is 4.37 Å². The lowest BCUT2D eigenvalue weighted by molar-refractivity contribution is -0.947. The molecule has 0 bridgehead atoms. The molecule has 0 amide bonds. The van der Waals surface area contributed by atoms with Crippen molar-refractivity contribution in [2.24, 2.45) is 5.41 Å². The van der Waals surface area contributed by atoms with Crippen LogP contribution in [0.2, 0.25) is 0 Å². The van der Waals surface area contributed by atoms with Gasteiger partial charge in [0.15, 0.2) is 0 Å². The number of unbranched alkanes of at least 4 members (excludes halogenated alkanes) is 3. The Hall–Kier alpha value is -1.51. The van der Waals surface area contributed by atoms with E-state index in [1.165, 1.54) is 31.0 Å². The van der Waals surface area contributed by atoms with E-state index in [9.17, 15) is 4.79 Å². The van der Waals surface area contributed by atoms with Gasteiger partial charge in [0.25, 0.3) is 5.88 Å². The van der Waals surface area contributed by atoms with Crippen LogP contribution in [-0.4, -0.2) is 64.4 Å². The summed E-state index contributed by atoms with van der Waals surface area (Å²) in [5.74, 6) is 0.497. The van der Waals surface area contributed by atoms with Gasteiger partial charge in [-0.1, -0.05) is 39.2 Å². The number of aromatic nitrogens is 2. The number of aliphatic hydroxyl groups is 1. The Kier molecular flexibility index (Phi) is 11.7. The van der Waals surface area contributed by atoms with Gasteiger partial charge in [-0.3, -0.25) is 9.28 Å². The van der Waals surface area contributed by atoms with Gasteiger partial charge >= 0.3 is 5.97 Å². The Morgan fingerprint density at radius 1 is 1.23 bits per heavy atom. The van der Waals surface area contributed by atoms with E-state index in [0.29, 0.717) is 17.0 Å². The van der Waals surface area contributed by atoms with Gasteiger partial charge in [-0.2, -0.15) is 4.37 Å². The van der Waals surface area contributed by atoms with Crippen molar-refractivity contribution in [3.05, 3.63) is 11.8 Å². The molecule has 1 aliphatic rings. The highest BCUT2D eigenvalue weighted by Crippen LogP contribution is 2.33. The van der Waals surface area contributed by atoms with E-state index >= 15 is 0 Å². The summed E-state index contributed by atoms with van der Waals surface area (Å²) >= 11 is 1.20. The van der Waals surface area contributed by atoms with Gasteiger partial charge in [-0.05, 0) is 27.2 Å². The minimum atomic E-state index is -0.501. The second-order valence-electron chi connectivity index (χ2n) is 9.22. The molecule has 7 nitrogen and oxygen atoms in total. The zero-order chi connectivity index (χ0) is 23.5. The molecular weight excluding hydrogens is 414 g/mol. The summed E-state index contributed by atoms with van der Waals surface area (Å²) in [7, 11) is 3.17. The van der Waals surface area contributed by atoms with Crippen LogP contribution in [0.1, 0.15) is 78.8 Å². The standard InChI is InChI=1S/C22H38N3O3S.CH4O/c1-7-9-10-11-15-27-20-19(23-29-24-20)17-13-12-14-25(6,16-17)18(8-2)28-21(26)22(3,4)5;1-2/h13,18H,7-12,14-16H2,1-6H3;2H,1H3/q+1;. The minimum Gasteiger partial charge on any atom is -0.475 e. The first-order valence-corrected chi connectivity index (χ1v) is 12.1. The molecule has 1 N–H and O–H groups in total. The average molecular weight is 457 g/mol. The molecule has 2 atom stereocenters. The fraction of sp³-hybridized carbons (Fsp3) is 0.783. The Balaban J connectivity index is 0.00000233. The highest BCUT2D eigenvalue weighted by atomic mass is 32.1. The van der Waals surface area contributed by atoms with Crippen molar-refractivity contribution in [3.63, 3.8) is 0 Å². The number of quaternary nitrogens is 1. The van der Waals surface area contributed by atoms with Gasteiger partial charge in [-0.25, -0.2) is 0 Å². The summed E-state index contributed by atoms with van der Waals surface area (Å²) in [5.41, 5.74) is 1.49. The van der Waals surface area contributed by atoms with E-state index < -0.39 is 5.41 Å². The molecule has 0 aromatic carbocycles. The molecule has 0 aliphatic carbocycles. The van der Waals surface area contributed by atoms with E-state index in [4.69, 9.17) is 14.6 Å². The van der Waals surface area contributed by atoms with Crippen molar-refractivity contribution in [2.75, 3.05) is 33.9 Å². The molecule has 0 fully saturated rings. The highest BCUT2D eigenvalue weighted by molar-refractivity contribution is 6.99. The monoisotopic (exact) mass is 456 g/mol. The smallest absolute Gasteiger partial charge is 0.315 e. The molecule has 8 heteroatoms. The Labute approximate surface area is 192 Å². The van der Waals surface area contributed by atoms with Crippen LogP contribution in [0.15, 0.2) is 6.08 Å². The van der Waals surface area contributed by atoms with Crippen molar-refractivity contribution in [1.82, 2.24) is 8.75 Å². The number of hydrogen-bond donors (Lipinski definition) is 1. The van der Waals surface area contributed by atoms with E-state index in [-0.39, 0.29) is 12.2 Å². The first-order valence-electron chi connectivity index (χ1n) is 11.4. The topological polar surface area (TPSA) is 81.5 Å². The van der Waals surface area contributed by atoms with Crippen LogP contribution in [0, 0.1) is 5.41 Å². The normalized spacial score (nSPS) is 19.7. The number of rotatable bonds is 10. The van der Waals surface area contributed by atoms with Crippen LogP contribution in [0.4, 0.5) is 0 Å². The molecule has 31 heavy (non-hydrogen) atoms. The molecule has 2 unspecified atom stereocenters. The largest absolute Gasteiger partial charge is 0.475 e. The maximum Gasteiger partial charge on any atom is 0.315 e. The summed E-state index contributed by atoms with van der Waals surface area (Å²) in [6.07, 6.45) is 8.43. The summed E-state index contributed by atoms with van der Waals surface area (Å²) in [6, 6.07) is 0. The quantitative estimate of drug-likeness (QED) is 0.313. The lowest BCUT2D eigenvalue weighted by Crippen LogP contribution is -2.56. The lowest BCUT2D eigenvalue weighted by atomic mass is 9.97. The lowest BCUT2D eigenvalue weighted by Gasteiger charge is -2.43. The van der Waals surface area contributed by atoms with Gasteiger partial charge in [0.2, 0.25) is 6.23 Å². The maximum atomic E-state index is 12.5. The molecule has 0 spiro atoms. The van der Waals surface area contributed by atoms with Crippen molar-refractivity contribution in [3.8, 4) is 5.88 Å². The van der Waals surface area contributed by atoms with Gasteiger partial charge in [0.05, 0.1) is 37.3 Å². The number of carbonyl (C=O) groups excluding carboxylic acids is 1. The van der Waals surface area contributed by atoms with Crippen molar-refractivity contribution >= 4 is 23.3 Å². The van der Waals surface area contributed by atoms with Crippen molar-refractivity contribution in [2.45, 2.75) is 79.4 Å². The SMILES string of the molecule is CCCCCCOc1nsnc1C1=CCC[N+](C)(C(CC)OC(=O)C(C)(C)C)C1.CO. The summed E-state index contributed by atoms with van der Waals surface area (Å²) in [4.78, 5) is 12.5. The number of likely N-dealkylation sites (N-methyl/N-ethyl adjacent to an activating group) is 1. The van der Waals surface area contributed by atoms with Gasteiger partial charge < -0.3 is 14.6 Å². The molecule has 178 valence electrons. The van der Waals surface area contributed by atoms with Crippen LogP contribution < -0.4 is 4.74 Å². The molecule has 1 aliphatic heterocycles. The zero-order valence-electron chi connectivity index (χ0n) is 20.4. The van der Waals surface area contributed by atoms with Gasteiger partial charge in [0.1, 0.15) is 12.2 Å². The summed E-state index contributed by atoms with van der Waals surface area (Å²) in [5, 5.41) is 7.00. The van der Waals surface area contributed by atoms with E-state index in [2.05, 4.69) is 35.7 Å². The molecule has 0 radical (unpaired) electrons. The molecule has 0 saturated heterocycles. The number of esters is 1. The Morgan fingerprint density at radius 2 is 1.94 bits per heavy atom. The maximum absolute atomic E-state index is 12.5.